The van der Waals surface area contributed by atoms with Gasteiger partial charge in [-0.05, 0) is 27.5 Å². The lowest BCUT2D eigenvalue weighted by Crippen LogP contribution is -2.23. The molecule has 0 saturated heterocycles. The smallest absolute Gasteiger partial charge is 0.0338 e. The number of hydrogen-bond donors (Lipinski definition) is 0. The van der Waals surface area contributed by atoms with Crippen molar-refractivity contribution < 1.29 is 0 Å². The Kier molecular flexibility index (Phi) is 3.68. The highest BCUT2D eigenvalue weighted by molar-refractivity contribution is 6.13. The molecule has 0 amide bonds. The Morgan fingerprint density at radius 2 is 1.44 bits per heavy atom. The van der Waals surface area contributed by atoms with E-state index in [1.807, 2.05) is 0 Å². The molecule has 0 aliphatic heterocycles. The van der Waals surface area contributed by atoms with Gasteiger partial charge in [0, 0.05) is 10.2 Å². The summed E-state index contributed by atoms with van der Waals surface area (Å²) in [6.45, 7) is 13.6. The average molecular weight is 231 g/mol. The van der Waals surface area contributed by atoms with E-state index in [4.69, 9.17) is 0 Å². The third-order valence-electron chi connectivity index (χ3n) is 2.95. The van der Waals surface area contributed by atoms with Crippen LogP contribution in [0.2, 0.25) is 0 Å². The van der Waals surface area contributed by atoms with Gasteiger partial charge in [0.25, 0.3) is 0 Å². The second-order valence-corrected chi connectivity index (χ2v) is 7.21. The van der Waals surface area contributed by atoms with E-state index in [2.05, 4.69) is 76.1 Å². The van der Waals surface area contributed by atoms with Crippen molar-refractivity contribution >= 4 is 10.2 Å². The Hall–Kier alpha value is -0.563. The van der Waals surface area contributed by atoms with Crippen LogP contribution in [0.15, 0.2) is 24.3 Å². The average Bonchev–Trinajstić information content (AvgIpc) is 2.14. The molecule has 0 aliphatic rings. The first-order valence-electron chi connectivity index (χ1n) is 5.94. The molecule has 1 rings (SSSR count). The summed E-state index contributed by atoms with van der Waals surface area (Å²) in [4.78, 5) is 0. The highest BCUT2D eigenvalue weighted by Crippen LogP contribution is 2.37. The molecule has 0 spiro atoms. The van der Waals surface area contributed by atoms with Crippen molar-refractivity contribution in [2.24, 2.45) is 5.41 Å². The van der Waals surface area contributed by atoms with E-state index >= 15 is 0 Å². The van der Waals surface area contributed by atoms with E-state index in [1.165, 1.54) is 11.1 Å². The van der Waals surface area contributed by atoms with Crippen molar-refractivity contribution in [3.05, 3.63) is 35.4 Å². The fourth-order valence-corrected chi connectivity index (χ4v) is 2.15. The highest BCUT2D eigenvalue weighted by Gasteiger charge is 2.27. The first-order chi connectivity index (χ1) is 7.14. The molecule has 3 radical (unpaired) electrons. The van der Waals surface area contributed by atoms with E-state index in [0.717, 1.165) is 0 Å². The fourth-order valence-electron chi connectivity index (χ4n) is 1.90. The standard InChI is InChI=1S/C15H23Si/c1-14(2,3)12-10-8-7-9-11(12)13(16)15(4,5)6/h7-10,13H,1-6H3. The van der Waals surface area contributed by atoms with Crippen LogP contribution < -0.4 is 0 Å². The largest absolute Gasteiger partial charge is 0.0620 e. The Balaban J connectivity index is 3.25. The lowest BCUT2D eigenvalue weighted by Gasteiger charge is -2.32. The third kappa shape index (κ3) is 2.97. The monoisotopic (exact) mass is 231 g/mol. The fraction of sp³-hybridized carbons (Fsp3) is 0.600. The molecular formula is C15H23Si. The van der Waals surface area contributed by atoms with Gasteiger partial charge < -0.3 is 0 Å². The zero-order chi connectivity index (χ0) is 12.6. The molecule has 16 heavy (non-hydrogen) atoms. The van der Waals surface area contributed by atoms with Crippen LogP contribution in [-0.4, -0.2) is 10.2 Å². The van der Waals surface area contributed by atoms with Crippen LogP contribution in [-0.2, 0) is 5.41 Å². The van der Waals surface area contributed by atoms with Gasteiger partial charge in [-0.2, -0.15) is 0 Å². The summed E-state index contributed by atoms with van der Waals surface area (Å²) < 4.78 is 0. The van der Waals surface area contributed by atoms with E-state index < -0.39 is 0 Å². The zero-order valence-corrected chi connectivity index (χ0v) is 12.4. The molecular weight excluding hydrogens is 208 g/mol. The van der Waals surface area contributed by atoms with E-state index in [9.17, 15) is 0 Å². The molecule has 0 saturated carbocycles. The van der Waals surface area contributed by atoms with Gasteiger partial charge in [0.15, 0.2) is 0 Å². The molecule has 1 aromatic rings. The van der Waals surface area contributed by atoms with Gasteiger partial charge in [-0.3, -0.25) is 0 Å². The summed E-state index contributed by atoms with van der Waals surface area (Å²) in [5.74, 6) is 0. The number of rotatable bonds is 1. The molecule has 0 heterocycles. The first-order valence-corrected chi connectivity index (χ1v) is 6.52. The van der Waals surface area contributed by atoms with E-state index in [0.29, 0.717) is 5.54 Å². The Bertz CT molecular complexity index is 352. The van der Waals surface area contributed by atoms with Crippen molar-refractivity contribution in [2.45, 2.75) is 52.5 Å². The quantitative estimate of drug-likeness (QED) is 0.634. The van der Waals surface area contributed by atoms with Crippen LogP contribution >= 0.6 is 0 Å². The second kappa shape index (κ2) is 4.36. The minimum Gasteiger partial charge on any atom is -0.0620 e. The van der Waals surface area contributed by atoms with Crippen molar-refractivity contribution in [1.29, 1.82) is 0 Å². The van der Waals surface area contributed by atoms with Gasteiger partial charge >= 0.3 is 0 Å². The van der Waals surface area contributed by atoms with Crippen molar-refractivity contribution in [3.63, 3.8) is 0 Å². The summed E-state index contributed by atoms with van der Waals surface area (Å²) in [7, 11) is 3.91. The lowest BCUT2D eigenvalue weighted by molar-refractivity contribution is 0.390. The molecule has 0 bridgehead atoms. The molecule has 1 aromatic carbocycles. The topological polar surface area (TPSA) is 0 Å². The van der Waals surface area contributed by atoms with Gasteiger partial charge in [-0.1, -0.05) is 65.8 Å². The molecule has 1 unspecified atom stereocenters. The third-order valence-corrected chi connectivity index (χ3v) is 4.12. The summed E-state index contributed by atoms with van der Waals surface area (Å²) >= 11 is 0. The summed E-state index contributed by atoms with van der Waals surface area (Å²) in [6, 6.07) is 8.74. The maximum Gasteiger partial charge on any atom is 0.0338 e. The van der Waals surface area contributed by atoms with Crippen LogP contribution in [0.3, 0.4) is 0 Å². The molecule has 87 valence electrons. The maximum absolute atomic E-state index is 3.91. The maximum atomic E-state index is 3.91. The van der Waals surface area contributed by atoms with Crippen LogP contribution in [0.4, 0.5) is 0 Å². The zero-order valence-electron chi connectivity index (χ0n) is 11.4. The minimum atomic E-state index is 0.201. The van der Waals surface area contributed by atoms with Crippen LogP contribution in [0.25, 0.3) is 0 Å². The highest BCUT2D eigenvalue weighted by atomic mass is 28.1. The Morgan fingerprint density at radius 1 is 0.938 bits per heavy atom. The van der Waals surface area contributed by atoms with Crippen molar-refractivity contribution in [3.8, 4) is 0 Å². The van der Waals surface area contributed by atoms with Crippen LogP contribution in [0.1, 0.15) is 58.2 Å². The normalized spacial score (nSPS) is 14.9. The minimum absolute atomic E-state index is 0.201. The number of benzene rings is 1. The predicted molar refractivity (Wildman–Crippen MR) is 73.1 cm³/mol. The van der Waals surface area contributed by atoms with Crippen LogP contribution in [0.5, 0.6) is 0 Å². The van der Waals surface area contributed by atoms with Crippen molar-refractivity contribution in [1.82, 2.24) is 0 Å². The molecule has 0 aromatic heterocycles. The van der Waals surface area contributed by atoms with Crippen LogP contribution in [0, 0.1) is 5.41 Å². The molecule has 1 atom stereocenters. The van der Waals surface area contributed by atoms with E-state index in [1.54, 1.807) is 0 Å². The van der Waals surface area contributed by atoms with Crippen molar-refractivity contribution in [2.75, 3.05) is 0 Å². The molecule has 0 fully saturated rings. The summed E-state index contributed by atoms with van der Waals surface area (Å²) in [5.41, 5.74) is 3.68. The van der Waals surface area contributed by atoms with Gasteiger partial charge in [-0.25, -0.2) is 0 Å². The SMILES string of the molecule is CC(C)(C)c1ccccc1C([Si])C(C)(C)C. The van der Waals surface area contributed by atoms with Gasteiger partial charge in [0.2, 0.25) is 0 Å². The van der Waals surface area contributed by atoms with Gasteiger partial charge in [0.1, 0.15) is 0 Å². The Morgan fingerprint density at radius 3 is 1.88 bits per heavy atom. The lowest BCUT2D eigenvalue weighted by atomic mass is 9.78. The first kappa shape index (κ1) is 13.5. The molecule has 0 aliphatic carbocycles. The predicted octanol–water partition coefficient (Wildman–Crippen LogP) is 4.24. The Labute approximate surface area is 104 Å². The van der Waals surface area contributed by atoms with E-state index in [-0.39, 0.29) is 10.8 Å². The molecule has 0 nitrogen and oxygen atoms in total. The number of hydrogen-bond acceptors (Lipinski definition) is 0. The summed E-state index contributed by atoms with van der Waals surface area (Å²) in [5, 5.41) is 0. The van der Waals surface area contributed by atoms with Gasteiger partial charge in [-0.15, -0.1) is 0 Å². The molecule has 1 heteroatoms. The second-order valence-electron chi connectivity index (χ2n) is 6.64. The van der Waals surface area contributed by atoms with Gasteiger partial charge in [0.05, 0.1) is 0 Å². The molecule has 0 N–H and O–H groups in total. The summed E-state index contributed by atoms with van der Waals surface area (Å²) in [6.07, 6.45) is 0.